The molecule has 4 bridgehead atoms. The Morgan fingerprint density at radius 1 is 0.386 bits per heavy atom. The van der Waals surface area contributed by atoms with Crippen LogP contribution in [0.4, 0.5) is 67.0 Å². The van der Waals surface area contributed by atoms with E-state index in [1.165, 1.54) is 171 Å². The van der Waals surface area contributed by atoms with E-state index in [2.05, 4.69) is 296 Å². The third kappa shape index (κ3) is 8.66. The molecular formula is C92H89B2FN4Si2. The summed E-state index contributed by atoms with van der Waals surface area (Å²) in [5, 5.41) is 8.97. The van der Waals surface area contributed by atoms with E-state index in [4.69, 9.17) is 0 Å². The summed E-state index contributed by atoms with van der Waals surface area (Å²) in [4.78, 5) is 10.8. The summed E-state index contributed by atoms with van der Waals surface area (Å²) >= 11 is 0. The largest absolute Gasteiger partial charge is 0.336 e. The molecule has 4 fully saturated rings. The molecular weight excluding hydrogens is 1260 g/mol. The first-order chi connectivity index (χ1) is 48.5. The number of halogens is 1. The van der Waals surface area contributed by atoms with Gasteiger partial charge in [-0.05, 0) is 266 Å². The lowest BCUT2D eigenvalue weighted by atomic mass is 9.33. The highest BCUT2D eigenvalue weighted by atomic mass is 28.3. The van der Waals surface area contributed by atoms with Crippen LogP contribution in [-0.2, 0) is 22.7 Å². The number of hydrogen-bond donors (Lipinski definition) is 0. The lowest BCUT2D eigenvalue weighted by molar-refractivity contribution is 0.000638. The van der Waals surface area contributed by atoms with Crippen molar-refractivity contribution in [1.82, 2.24) is 0 Å². The normalized spacial score (nSPS) is 22.6. The molecule has 0 saturated heterocycles. The van der Waals surface area contributed by atoms with Crippen LogP contribution in [-0.4, -0.2) is 35.1 Å². The van der Waals surface area contributed by atoms with E-state index < -0.39 is 16.1 Å². The highest BCUT2D eigenvalue weighted by Gasteiger charge is 2.60. The first kappa shape index (κ1) is 61.9. The summed E-state index contributed by atoms with van der Waals surface area (Å²) in [6.45, 7) is 29.2. The molecule has 498 valence electrons. The highest BCUT2D eigenvalue weighted by molar-refractivity contribution is 7.22. The summed E-state index contributed by atoms with van der Waals surface area (Å²) in [6, 6.07) is 85.3. The molecule has 0 radical (unpaired) electrons. The third-order valence-electron chi connectivity index (χ3n) is 26.6. The van der Waals surface area contributed by atoms with Crippen LogP contribution in [0.2, 0.25) is 13.1 Å². The average molecular weight is 1350 g/mol. The zero-order valence-electron chi connectivity index (χ0n) is 60.8. The van der Waals surface area contributed by atoms with Gasteiger partial charge in [0, 0.05) is 68.1 Å². The third-order valence-corrected chi connectivity index (χ3v) is 35.6. The number of rotatable bonds is 9. The molecule has 101 heavy (non-hydrogen) atoms. The Balaban J connectivity index is 0.726. The quantitative estimate of drug-likeness (QED) is 0.134. The Bertz CT molecular complexity index is 5330. The zero-order valence-corrected chi connectivity index (χ0v) is 62.8. The molecule has 0 aromatic heterocycles. The van der Waals surface area contributed by atoms with E-state index in [1.54, 1.807) is 28.0 Å². The Hall–Kier alpha value is -8.89. The van der Waals surface area contributed by atoms with Gasteiger partial charge in [-0.25, -0.2) is 4.39 Å². The van der Waals surface area contributed by atoms with E-state index in [1.807, 2.05) is 12.1 Å². The number of anilines is 11. The van der Waals surface area contributed by atoms with Crippen LogP contribution in [0.5, 0.6) is 0 Å². The molecule has 9 heteroatoms. The maximum atomic E-state index is 15.1. The van der Waals surface area contributed by atoms with E-state index in [0.717, 1.165) is 35.5 Å². The molecule has 21 rings (SSSR count). The number of aryl methyl sites for hydroxylation is 2. The topological polar surface area (TPSA) is 13.0 Å². The Morgan fingerprint density at radius 2 is 0.792 bits per heavy atom. The van der Waals surface area contributed by atoms with Gasteiger partial charge in [-0.2, -0.15) is 0 Å². The van der Waals surface area contributed by atoms with Gasteiger partial charge in [0.15, 0.2) is 0 Å². The second-order valence-corrected chi connectivity index (χ2v) is 43.2. The van der Waals surface area contributed by atoms with Gasteiger partial charge in [-0.3, -0.25) is 0 Å². The number of hydrogen-bond acceptors (Lipinski definition) is 4. The van der Waals surface area contributed by atoms with Gasteiger partial charge in [-0.15, -0.1) is 0 Å². The fourth-order valence-corrected chi connectivity index (χ4v) is 30.9. The van der Waals surface area contributed by atoms with Crippen molar-refractivity contribution in [3.05, 3.63) is 258 Å². The van der Waals surface area contributed by atoms with Crippen molar-refractivity contribution in [1.29, 1.82) is 0 Å². The van der Waals surface area contributed by atoms with Crippen molar-refractivity contribution >= 4 is 156 Å². The van der Waals surface area contributed by atoms with Crippen LogP contribution >= 0.6 is 0 Å². The Labute approximate surface area is 600 Å². The molecule has 4 aliphatic carbocycles. The van der Waals surface area contributed by atoms with Gasteiger partial charge in [0.05, 0.1) is 0 Å². The lowest BCUT2D eigenvalue weighted by Crippen LogP contribution is -2.84. The van der Waals surface area contributed by atoms with E-state index in [-0.39, 0.29) is 41.0 Å². The van der Waals surface area contributed by atoms with Crippen molar-refractivity contribution in [3.8, 4) is 0 Å². The van der Waals surface area contributed by atoms with Crippen molar-refractivity contribution in [2.45, 2.75) is 149 Å². The molecule has 4 nitrogen and oxygen atoms in total. The van der Waals surface area contributed by atoms with Crippen molar-refractivity contribution in [2.24, 2.45) is 17.8 Å². The molecule has 0 amide bonds. The standard InChI is InChI=1S/C92H89B2FN4Si2/c1-56-42-75-83-76(43-56)98(73-24-18-27-80-87(73)93(83)85-71(97(75)67-38-34-65(95)35-39-67)22-16-26-79(85)100(80,11)69-20-14-13-15-21-69)68-50-63(90(6,7)8)49-64(51-68)91(9,10)52-58-30-40-70(41-31-58)101(12)81-28-17-23-72-86(81)94-84-77(96(72)66-36-32-62(33-37-66)89(3,4)5)44-57(2)45-78(84)99(74-25-19-29-82(101)88(74)94)92-53-59-46-60(54-92)48-61(47-59)55-92/h13-45,49-51,59-61H,46-48,52-55H2,1-12H3. The van der Waals surface area contributed by atoms with Gasteiger partial charge in [0.1, 0.15) is 22.0 Å². The monoisotopic (exact) mass is 1350 g/mol. The molecule has 0 spiro atoms. The van der Waals surface area contributed by atoms with Gasteiger partial charge in [-0.1, -0.05) is 211 Å². The number of nitrogens with zero attached hydrogens (tertiary/aromatic N) is 4. The second kappa shape index (κ2) is 21.1. The SMILES string of the molecule is Cc1cc2c3c(c1)N(c1cc(C(C)(C)C)cc(C(C)(C)Cc4ccc([Si]5(C)c6cccc7c6B6c8c(cc(C)cc8N(C89CC%10CC(CC(C%10)C8)C9)c8cccc5c86)N7c5ccc(C(C)(C)C)cc5)cc4)c1)c1cccc4c1B3c1c(cccc1[Si]4(C)c1ccccc1)N2c1ccc(F)cc1. The minimum Gasteiger partial charge on any atom is -0.336 e. The van der Waals surface area contributed by atoms with Crippen LogP contribution in [0.1, 0.15) is 127 Å². The van der Waals surface area contributed by atoms with Crippen molar-refractivity contribution < 1.29 is 4.39 Å². The minimum absolute atomic E-state index is 0.0149. The highest BCUT2D eigenvalue weighted by Crippen LogP contribution is 2.61. The molecule has 6 aliphatic heterocycles. The van der Waals surface area contributed by atoms with Crippen LogP contribution in [0, 0.1) is 37.4 Å². The smallest absolute Gasteiger partial charge is 0.251 e. The summed E-state index contributed by atoms with van der Waals surface area (Å²) in [5.74, 6) is 2.22. The minimum atomic E-state index is -2.75. The van der Waals surface area contributed by atoms with Gasteiger partial charge in [0.2, 0.25) is 0 Å². The predicted molar refractivity (Wildman–Crippen MR) is 433 cm³/mol. The van der Waals surface area contributed by atoms with Gasteiger partial charge >= 0.3 is 0 Å². The van der Waals surface area contributed by atoms with Gasteiger partial charge < -0.3 is 19.6 Å². The zero-order chi connectivity index (χ0) is 68.9. The van der Waals surface area contributed by atoms with Crippen LogP contribution in [0.25, 0.3) is 0 Å². The second-order valence-electron chi connectivity index (χ2n) is 35.4. The van der Waals surface area contributed by atoms with Crippen LogP contribution in [0.3, 0.4) is 0 Å². The summed E-state index contributed by atoms with van der Waals surface area (Å²) in [6.07, 6.45) is 9.05. The van der Waals surface area contributed by atoms with Crippen molar-refractivity contribution in [2.75, 3.05) is 19.6 Å². The first-order valence-corrected chi connectivity index (χ1v) is 42.7. The van der Waals surface area contributed by atoms with Gasteiger partial charge in [0.25, 0.3) is 13.4 Å². The van der Waals surface area contributed by atoms with Crippen LogP contribution < -0.4 is 83.5 Å². The summed E-state index contributed by atoms with van der Waals surface area (Å²) < 4.78 is 15.1. The molecule has 2 unspecified atom stereocenters. The van der Waals surface area contributed by atoms with E-state index in [0.29, 0.717) is 0 Å². The molecule has 0 N–H and O–H groups in total. The van der Waals surface area contributed by atoms with E-state index in [9.17, 15) is 0 Å². The average Bonchev–Trinajstić information content (AvgIpc) is 0.671. The summed E-state index contributed by atoms with van der Waals surface area (Å²) in [7, 11) is -5.41. The molecule has 10 aliphatic rings. The fourth-order valence-electron chi connectivity index (χ4n) is 22.4. The maximum absolute atomic E-state index is 15.1. The Kier molecular flexibility index (Phi) is 13.0. The molecule has 2 atom stereocenters. The fraction of sp³-hybridized carbons (Fsp3) is 0.283. The lowest BCUT2D eigenvalue weighted by Gasteiger charge is -2.63. The van der Waals surface area contributed by atoms with Crippen LogP contribution in [0.15, 0.2) is 218 Å². The number of benzene rings is 11. The molecule has 11 aromatic carbocycles. The van der Waals surface area contributed by atoms with E-state index >= 15 is 4.39 Å². The molecule has 11 aromatic rings. The molecule has 4 saturated carbocycles. The predicted octanol–water partition coefficient (Wildman–Crippen LogP) is 15.2. The molecule has 6 heterocycles. The van der Waals surface area contributed by atoms with Crippen molar-refractivity contribution in [3.63, 3.8) is 0 Å². The summed E-state index contributed by atoms with van der Waals surface area (Å²) in [5.41, 5.74) is 30.3. The Morgan fingerprint density at radius 3 is 1.27 bits per heavy atom. The maximum Gasteiger partial charge on any atom is 0.251 e. The first-order valence-electron chi connectivity index (χ1n) is 37.7.